The van der Waals surface area contributed by atoms with Gasteiger partial charge >= 0.3 is 0 Å². The third-order valence-corrected chi connectivity index (χ3v) is 5.15. The van der Waals surface area contributed by atoms with Crippen molar-refractivity contribution in [1.82, 2.24) is 10.6 Å². The topological polar surface area (TPSA) is 97.0 Å². The van der Waals surface area contributed by atoms with Gasteiger partial charge in [0, 0.05) is 44.2 Å². The second-order valence-electron chi connectivity index (χ2n) is 7.25. The van der Waals surface area contributed by atoms with Crippen LogP contribution in [-0.2, 0) is 20.9 Å². The lowest BCUT2D eigenvalue weighted by Gasteiger charge is -2.17. The maximum Gasteiger partial charge on any atom is 0.231 e. The fourth-order valence-corrected chi connectivity index (χ4v) is 3.51. The predicted molar refractivity (Wildman–Crippen MR) is 109 cm³/mol. The van der Waals surface area contributed by atoms with Gasteiger partial charge in [-0.3, -0.25) is 14.4 Å². The largest absolute Gasteiger partial charge is 0.454 e. The predicted octanol–water partition coefficient (Wildman–Crippen LogP) is 1.59. The minimum Gasteiger partial charge on any atom is -0.454 e. The number of nitrogens with zero attached hydrogens (tertiary/aromatic N) is 1. The first-order chi connectivity index (χ1) is 14.6. The van der Waals surface area contributed by atoms with Crippen LogP contribution in [0.4, 0.5) is 5.69 Å². The normalized spacial score (nSPS) is 17.1. The van der Waals surface area contributed by atoms with Gasteiger partial charge in [0.15, 0.2) is 11.5 Å². The molecule has 30 heavy (non-hydrogen) atoms. The van der Waals surface area contributed by atoms with Crippen molar-refractivity contribution in [2.24, 2.45) is 5.92 Å². The van der Waals surface area contributed by atoms with Crippen LogP contribution >= 0.6 is 0 Å². The molecule has 1 unspecified atom stereocenters. The highest BCUT2D eigenvalue weighted by Gasteiger charge is 2.35. The lowest BCUT2D eigenvalue weighted by Crippen LogP contribution is -2.35. The van der Waals surface area contributed by atoms with Crippen molar-refractivity contribution in [1.29, 1.82) is 0 Å². The molecule has 0 aliphatic carbocycles. The minimum absolute atomic E-state index is 0.116. The molecule has 2 aromatic rings. The van der Waals surface area contributed by atoms with E-state index >= 15 is 0 Å². The van der Waals surface area contributed by atoms with E-state index in [-0.39, 0.29) is 43.9 Å². The standard InChI is InChI=1S/C22H23N3O5/c26-20(24-12-15-4-2-1-3-5-15)8-9-23-22(28)16-10-21(27)25(13-16)17-6-7-18-19(11-17)30-14-29-18/h1-7,11,16H,8-10,12-14H2,(H,23,28)(H,24,26). The Morgan fingerprint density at radius 2 is 1.83 bits per heavy atom. The average Bonchev–Trinajstić information content (AvgIpc) is 3.38. The summed E-state index contributed by atoms with van der Waals surface area (Å²) < 4.78 is 10.6. The number of amides is 3. The van der Waals surface area contributed by atoms with Gasteiger partial charge < -0.3 is 25.0 Å². The highest BCUT2D eigenvalue weighted by Crippen LogP contribution is 2.37. The van der Waals surface area contributed by atoms with Gasteiger partial charge in [-0.1, -0.05) is 30.3 Å². The Morgan fingerprint density at radius 3 is 2.67 bits per heavy atom. The second-order valence-corrected chi connectivity index (χ2v) is 7.25. The highest BCUT2D eigenvalue weighted by molar-refractivity contribution is 6.00. The smallest absolute Gasteiger partial charge is 0.231 e. The number of hydrogen-bond acceptors (Lipinski definition) is 5. The summed E-state index contributed by atoms with van der Waals surface area (Å²) in [5.41, 5.74) is 1.70. The van der Waals surface area contributed by atoms with Gasteiger partial charge in [0.05, 0.1) is 5.92 Å². The van der Waals surface area contributed by atoms with Crippen LogP contribution in [0.3, 0.4) is 0 Å². The van der Waals surface area contributed by atoms with E-state index in [9.17, 15) is 14.4 Å². The van der Waals surface area contributed by atoms with E-state index in [1.807, 2.05) is 30.3 Å². The van der Waals surface area contributed by atoms with Gasteiger partial charge in [-0.15, -0.1) is 0 Å². The zero-order valence-electron chi connectivity index (χ0n) is 16.4. The molecule has 4 rings (SSSR count). The van der Waals surface area contributed by atoms with Gasteiger partial charge in [-0.05, 0) is 17.7 Å². The molecule has 1 atom stereocenters. The molecule has 2 heterocycles. The summed E-state index contributed by atoms with van der Waals surface area (Å²) in [6, 6.07) is 14.9. The Bertz CT molecular complexity index is 947. The third kappa shape index (κ3) is 4.53. The fraction of sp³-hybridized carbons (Fsp3) is 0.318. The molecule has 3 amide bonds. The Hall–Kier alpha value is -3.55. The van der Waals surface area contributed by atoms with Crippen LogP contribution in [-0.4, -0.2) is 37.6 Å². The van der Waals surface area contributed by atoms with Gasteiger partial charge in [0.25, 0.3) is 0 Å². The maximum atomic E-state index is 12.4. The van der Waals surface area contributed by atoms with Gasteiger partial charge in [0.1, 0.15) is 0 Å². The SMILES string of the molecule is O=C(CCNC(=O)C1CC(=O)N(c2ccc3c(c2)OCO3)C1)NCc1ccccc1. The number of carbonyl (C=O) groups is 3. The van der Waals surface area contributed by atoms with E-state index in [1.54, 1.807) is 23.1 Å². The van der Waals surface area contributed by atoms with Crippen molar-refractivity contribution in [2.45, 2.75) is 19.4 Å². The summed E-state index contributed by atoms with van der Waals surface area (Å²) in [5, 5.41) is 5.59. The van der Waals surface area contributed by atoms with Gasteiger partial charge in [-0.25, -0.2) is 0 Å². The van der Waals surface area contributed by atoms with Crippen LogP contribution in [0.2, 0.25) is 0 Å². The zero-order chi connectivity index (χ0) is 20.9. The lowest BCUT2D eigenvalue weighted by molar-refractivity contribution is -0.126. The van der Waals surface area contributed by atoms with Crippen LogP contribution in [0.25, 0.3) is 0 Å². The lowest BCUT2D eigenvalue weighted by atomic mass is 10.1. The number of ether oxygens (including phenoxy) is 2. The molecule has 0 spiro atoms. The quantitative estimate of drug-likeness (QED) is 0.724. The molecule has 2 aliphatic rings. The third-order valence-electron chi connectivity index (χ3n) is 5.15. The Labute approximate surface area is 174 Å². The monoisotopic (exact) mass is 409 g/mol. The van der Waals surface area contributed by atoms with Crippen LogP contribution in [0, 0.1) is 5.92 Å². The van der Waals surface area contributed by atoms with Crippen LogP contribution in [0.15, 0.2) is 48.5 Å². The first-order valence-electron chi connectivity index (χ1n) is 9.88. The molecule has 8 nitrogen and oxygen atoms in total. The molecule has 0 aromatic heterocycles. The van der Waals surface area contributed by atoms with Crippen molar-refractivity contribution in [3.05, 3.63) is 54.1 Å². The van der Waals surface area contributed by atoms with Crippen molar-refractivity contribution < 1.29 is 23.9 Å². The molecule has 0 saturated carbocycles. The minimum atomic E-state index is -0.449. The number of anilines is 1. The van der Waals surface area contributed by atoms with Crippen molar-refractivity contribution >= 4 is 23.4 Å². The molecule has 2 aromatic carbocycles. The summed E-state index contributed by atoms with van der Waals surface area (Å²) in [4.78, 5) is 38.4. The number of hydrogen-bond donors (Lipinski definition) is 2. The molecule has 8 heteroatoms. The summed E-state index contributed by atoms with van der Waals surface area (Å²) in [6.07, 6.45) is 0.325. The average molecular weight is 409 g/mol. The van der Waals surface area contributed by atoms with Crippen LogP contribution in [0.1, 0.15) is 18.4 Å². The number of nitrogens with one attached hydrogen (secondary N) is 2. The first kappa shape index (κ1) is 19.8. The van der Waals surface area contributed by atoms with E-state index in [2.05, 4.69) is 10.6 Å². The van der Waals surface area contributed by atoms with Crippen molar-refractivity contribution in [3.8, 4) is 11.5 Å². The fourth-order valence-electron chi connectivity index (χ4n) is 3.51. The van der Waals surface area contributed by atoms with Gasteiger partial charge in [-0.2, -0.15) is 0 Å². The zero-order valence-corrected chi connectivity index (χ0v) is 16.4. The van der Waals surface area contributed by atoms with Crippen LogP contribution in [0.5, 0.6) is 11.5 Å². The van der Waals surface area contributed by atoms with Gasteiger partial charge in [0.2, 0.25) is 24.5 Å². The number of fused-ring (bicyclic) bond motifs is 1. The first-order valence-corrected chi connectivity index (χ1v) is 9.88. The molecule has 156 valence electrons. The summed E-state index contributed by atoms with van der Waals surface area (Å²) in [7, 11) is 0. The van der Waals surface area contributed by atoms with E-state index in [1.165, 1.54) is 0 Å². The van der Waals surface area contributed by atoms with Crippen molar-refractivity contribution in [3.63, 3.8) is 0 Å². The highest BCUT2D eigenvalue weighted by atomic mass is 16.7. The number of rotatable bonds is 7. The summed E-state index contributed by atoms with van der Waals surface area (Å²) >= 11 is 0. The number of carbonyl (C=O) groups excluding carboxylic acids is 3. The van der Waals surface area contributed by atoms with Crippen LogP contribution < -0.4 is 25.0 Å². The molecule has 1 fully saturated rings. The summed E-state index contributed by atoms with van der Waals surface area (Å²) in [6.45, 7) is 1.14. The van der Waals surface area contributed by atoms with Crippen molar-refractivity contribution in [2.75, 3.05) is 24.8 Å². The van der Waals surface area contributed by atoms with E-state index in [4.69, 9.17) is 9.47 Å². The molecular formula is C22H23N3O5. The maximum absolute atomic E-state index is 12.4. The molecule has 2 aliphatic heterocycles. The number of benzene rings is 2. The van der Waals surface area contributed by atoms with E-state index < -0.39 is 5.92 Å². The Morgan fingerprint density at radius 1 is 1.03 bits per heavy atom. The molecule has 0 bridgehead atoms. The Balaban J connectivity index is 1.22. The molecule has 0 radical (unpaired) electrons. The molecular weight excluding hydrogens is 386 g/mol. The molecule has 1 saturated heterocycles. The van der Waals surface area contributed by atoms with E-state index in [0.717, 1.165) is 5.56 Å². The molecule has 2 N–H and O–H groups in total. The van der Waals surface area contributed by atoms with E-state index in [0.29, 0.717) is 30.3 Å². The Kier molecular flexibility index (Phi) is 5.83. The second kappa shape index (κ2) is 8.86. The summed E-state index contributed by atoms with van der Waals surface area (Å²) in [5.74, 6) is 0.316.